The number of aliphatic hydroxyl groups excluding tert-OH is 1. The zero-order valence-corrected chi connectivity index (χ0v) is 11.1. The van der Waals surface area contributed by atoms with Gasteiger partial charge in [0, 0.05) is 32.0 Å². The Bertz CT molecular complexity index is 310. The second-order valence-corrected chi connectivity index (χ2v) is 4.44. The monoisotopic (exact) mass is 239 g/mol. The van der Waals surface area contributed by atoms with Gasteiger partial charge in [0.1, 0.15) is 0 Å². The Balaban J connectivity index is 2.13. The normalized spacial score (nSPS) is 11.0. The number of hydrogen-bond acceptors (Lipinski definition) is 3. The molecule has 1 rings (SSSR count). The SMILES string of the molecule is CCc1nn(C)cc1CNCCCCCCO. The molecule has 1 aromatic heterocycles. The Hall–Kier alpha value is -0.870. The summed E-state index contributed by atoms with van der Waals surface area (Å²) >= 11 is 0. The van der Waals surface area contributed by atoms with E-state index >= 15 is 0 Å². The molecule has 0 bridgehead atoms. The van der Waals surface area contributed by atoms with Crippen molar-refractivity contribution in [1.82, 2.24) is 15.1 Å². The number of aryl methyl sites for hydroxylation is 2. The minimum Gasteiger partial charge on any atom is -0.396 e. The molecule has 0 radical (unpaired) electrons. The van der Waals surface area contributed by atoms with Gasteiger partial charge in [-0.05, 0) is 25.8 Å². The molecule has 0 saturated carbocycles. The predicted octanol–water partition coefficient (Wildman–Crippen LogP) is 1.62. The number of hydrogen-bond donors (Lipinski definition) is 2. The second-order valence-electron chi connectivity index (χ2n) is 4.44. The fourth-order valence-corrected chi connectivity index (χ4v) is 1.97. The quantitative estimate of drug-likeness (QED) is 0.644. The first-order valence-electron chi connectivity index (χ1n) is 6.61. The zero-order valence-electron chi connectivity index (χ0n) is 11.1. The van der Waals surface area contributed by atoms with E-state index in [0.717, 1.165) is 32.4 Å². The highest BCUT2D eigenvalue weighted by molar-refractivity contribution is 5.16. The average Bonchev–Trinajstić information content (AvgIpc) is 2.68. The third-order valence-corrected chi connectivity index (χ3v) is 2.90. The highest BCUT2D eigenvalue weighted by Gasteiger charge is 2.04. The number of rotatable bonds is 9. The molecular weight excluding hydrogens is 214 g/mol. The van der Waals surface area contributed by atoms with Gasteiger partial charge in [-0.15, -0.1) is 0 Å². The van der Waals surface area contributed by atoms with E-state index in [2.05, 4.69) is 23.5 Å². The minimum absolute atomic E-state index is 0.322. The maximum atomic E-state index is 8.65. The van der Waals surface area contributed by atoms with E-state index < -0.39 is 0 Å². The average molecular weight is 239 g/mol. The predicted molar refractivity (Wildman–Crippen MR) is 69.8 cm³/mol. The number of nitrogens with one attached hydrogen (secondary N) is 1. The van der Waals surface area contributed by atoms with Gasteiger partial charge in [-0.2, -0.15) is 5.10 Å². The van der Waals surface area contributed by atoms with Gasteiger partial charge in [-0.3, -0.25) is 4.68 Å². The third kappa shape index (κ3) is 5.33. The maximum absolute atomic E-state index is 8.65. The van der Waals surface area contributed by atoms with E-state index in [1.54, 1.807) is 0 Å². The molecular formula is C13H25N3O. The molecule has 0 saturated heterocycles. The van der Waals surface area contributed by atoms with Crippen LogP contribution >= 0.6 is 0 Å². The van der Waals surface area contributed by atoms with Gasteiger partial charge in [-0.1, -0.05) is 19.8 Å². The van der Waals surface area contributed by atoms with Crippen molar-refractivity contribution in [1.29, 1.82) is 0 Å². The van der Waals surface area contributed by atoms with E-state index in [9.17, 15) is 0 Å². The van der Waals surface area contributed by atoms with Gasteiger partial charge in [0.25, 0.3) is 0 Å². The van der Waals surface area contributed by atoms with Crippen LogP contribution in [0.4, 0.5) is 0 Å². The van der Waals surface area contributed by atoms with Crippen LogP contribution in [0.2, 0.25) is 0 Å². The Morgan fingerprint density at radius 3 is 2.76 bits per heavy atom. The smallest absolute Gasteiger partial charge is 0.0666 e. The molecule has 0 aliphatic carbocycles. The summed E-state index contributed by atoms with van der Waals surface area (Å²) in [7, 11) is 1.97. The van der Waals surface area contributed by atoms with E-state index in [0.29, 0.717) is 6.61 Å². The van der Waals surface area contributed by atoms with Crippen molar-refractivity contribution in [2.24, 2.45) is 7.05 Å². The highest BCUT2D eigenvalue weighted by Crippen LogP contribution is 2.06. The van der Waals surface area contributed by atoms with Crippen LogP contribution in [0.15, 0.2) is 6.20 Å². The van der Waals surface area contributed by atoms with Gasteiger partial charge < -0.3 is 10.4 Å². The topological polar surface area (TPSA) is 50.1 Å². The molecule has 0 amide bonds. The second kappa shape index (κ2) is 8.25. The highest BCUT2D eigenvalue weighted by atomic mass is 16.2. The number of unbranched alkanes of at least 4 members (excludes halogenated alkanes) is 3. The van der Waals surface area contributed by atoms with Gasteiger partial charge in [0.15, 0.2) is 0 Å². The van der Waals surface area contributed by atoms with E-state index in [4.69, 9.17) is 5.11 Å². The molecule has 2 N–H and O–H groups in total. The van der Waals surface area contributed by atoms with Crippen LogP contribution in [0.1, 0.15) is 43.9 Å². The molecule has 0 aliphatic heterocycles. The first-order chi connectivity index (χ1) is 8.27. The molecule has 0 spiro atoms. The van der Waals surface area contributed by atoms with Crippen molar-refractivity contribution in [2.75, 3.05) is 13.2 Å². The molecule has 4 heteroatoms. The van der Waals surface area contributed by atoms with Crippen molar-refractivity contribution in [3.63, 3.8) is 0 Å². The fraction of sp³-hybridized carbons (Fsp3) is 0.769. The summed E-state index contributed by atoms with van der Waals surface area (Å²) < 4.78 is 1.89. The largest absolute Gasteiger partial charge is 0.396 e. The molecule has 0 atom stereocenters. The molecule has 98 valence electrons. The lowest BCUT2D eigenvalue weighted by atomic mass is 10.2. The summed E-state index contributed by atoms with van der Waals surface area (Å²) in [6, 6.07) is 0. The number of nitrogens with zero attached hydrogens (tertiary/aromatic N) is 2. The van der Waals surface area contributed by atoms with E-state index in [1.165, 1.54) is 24.1 Å². The molecule has 17 heavy (non-hydrogen) atoms. The molecule has 0 aliphatic rings. The lowest BCUT2D eigenvalue weighted by Gasteiger charge is -2.04. The summed E-state index contributed by atoms with van der Waals surface area (Å²) in [5.41, 5.74) is 2.51. The Morgan fingerprint density at radius 1 is 1.29 bits per heavy atom. The van der Waals surface area contributed by atoms with E-state index in [-0.39, 0.29) is 0 Å². The van der Waals surface area contributed by atoms with Crippen LogP contribution in [-0.4, -0.2) is 28.0 Å². The maximum Gasteiger partial charge on any atom is 0.0666 e. The summed E-state index contributed by atoms with van der Waals surface area (Å²) in [6.45, 7) is 4.42. The van der Waals surface area contributed by atoms with Gasteiger partial charge in [0.2, 0.25) is 0 Å². The van der Waals surface area contributed by atoms with E-state index in [1.807, 2.05) is 11.7 Å². The van der Waals surface area contributed by atoms with Gasteiger partial charge >= 0.3 is 0 Å². The molecule has 0 aromatic carbocycles. The van der Waals surface area contributed by atoms with Crippen LogP contribution in [0.5, 0.6) is 0 Å². The van der Waals surface area contributed by atoms with Crippen LogP contribution in [0.3, 0.4) is 0 Å². The van der Waals surface area contributed by atoms with Crippen LogP contribution in [0, 0.1) is 0 Å². The fourth-order valence-electron chi connectivity index (χ4n) is 1.97. The Kier molecular flexibility index (Phi) is 6.89. The zero-order chi connectivity index (χ0) is 12.5. The first-order valence-corrected chi connectivity index (χ1v) is 6.61. The Labute approximate surface area is 104 Å². The summed E-state index contributed by atoms with van der Waals surface area (Å²) in [6.07, 6.45) is 7.53. The molecule has 1 heterocycles. The van der Waals surface area contributed by atoms with Crippen LogP contribution in [-0.2, 0) is 20.0 Å². The van der Waals surface area contributed by atoms with Crippen molar-refractivity contribution in [2.45, 2.75) is 45.6 Å². The molecule has 4 nitrogen and oxygen atoms in total. The molecule has 1 aromatic rings. The molecule has 0 unspecified atom stereocenters. The lowest BCUT2D eigenvalue weighted by Crippen LogP contribution is -2.15. The number of aromatic nitrogens is 2. The first kappa shape index (κ1) is 14.2. The summed E-state index contributed by atoms with van der Waals surface area (Å²) in [4.78, 5) is 0. The van der Waals surface area contributed by atoms with Crippen molar-refractivity contribution >= 4 is 0 Å². The number of aliphatic hydroxyl groups is 1. The summed E-state index contributed by atoms with van der Waals surface area (Å²) in [5.74, 6) is 0. The summed E-state index contributed by atoms with van der Waals surface area (Å²) in [5, 5.41) is 16.5. The van der Waals surface area contributed by atoms with Crippen molar-refractivity contribution in [3.05, 3.63) is 17.5 Å². The minimum atomic E-state index is 0.322. The van der Waals surface area contributed by atoms with Crippen LogP contribution in [0.25, 0.3) is 0 Å². The standard InChI is InChI=1S/C13H25N3O/c1-3-13-12(11-16(2)15-13)10-14-8-6-4-5-7-9-17/h11,14,17H,3-10H2,1-2H3. The van der Waals surface area contributed by atoms with Crippen molar-refractivity contribution in [3.8, 4) is 0 Å². The Morgan fingerprint density at radius 2 is 2.06 bits per heavy atom. The lowest BCUT2D eigenvalue weighted by molar-refractivity contribution is 0.282. The third-order valence-electron chi connectivity index (χ3n) is 2.90. The van der Waals surface area contributed by atoms with Crippen molar-refractivity contribution < 1.29 is 5.11 Å². The van der Waals surface area contributed by atoms with Gasteiger partial charge in [-0.25, -0.2) is 0 Å². The molecule has 0 fully saturated rings. The van der Waals surface area contributed by atoms with Crippen LogP contribution < -0.4 is 5.32 Å². The van der Waals surface area contributed by atoms with Gasteiger partial charge in [0.05, 0.1) is 5.69 Å².